The van der Waals surface area contributed by atoms with Crippen molar-refractivity contribution < 1.29 is 9.53 Å². The van der Waals surface area contributed by atoms with E-state index in [9.17, 15) is 4.79 Å². The normalized spacial score (nSPS) is 11.4. The van der Waals surface area contributed by atoms with E-state index in [4.69, 9.17) is 22.1 Å². The average Bonchev–Trinajstić information content (AvgIpc) is 2.84. The molecular formula is C15H17ClN2O2S. The maximum atomic E-state index is 12.0. The van der Waals surface area contributed by atoms with E-state index in [1.165, 1.54) is 17.4 Å². The van der Waals surface area contributed by atoms with Crippen molar-refractivity contribution in [1.29, 1.82) is 0 Å². The molecule has 21 heavy (non-hydrogen) atoms. The lowest BCUT2D eigenvalue weighted by molar-refractivity contribution is 0.0473. The molecule has 0 bridgehead atoms. The molecule has 0 aliphatic heterocycles. The molecule has 0 fully saturated rings. The van der Waals surface area contributed by atoms with Gasteiger partial charge in [0.1, 0.15) is 11.6 Å². The lowest BCUT2D eigenvalue weighted by Gasteiger charge is -2.14. The Kier molecular flexibility index (Phi) is 4.54. The van der Waals surface area contributed by atoms with Crippen LogP contribution in [0.1, 0.15) is 41.8 Å². The SMILES string of the molecule is CC(C)(C)c1csc(COC(=O)c2ccc(Cl)cc2N)n1. The highest BCUT2D eigenvalue weighted by molar-refractivity contribution is 7.09. The first-order chi connectivity index (χ1) is 9.77. The van der Waals surface area contributed by atoms with Crippen LogP contribution in [0.3, 0.4) is 0 Å². The van der Waals surface area contributed by atoms with E-state index < -0.39 is 5.97 Å². The molecule has 1 aromatic heterocycles. The van der Waals surface area contributed by atoms with Crippen molar-refractivity contribution in [2.24, 2.45) is 0 Å². The number of nitrogens with two attached hydrogens (primary N) is 1. The Balaban J connectivity index is 2.03. The highest BCUT2D eigenvalue weighted by Gasteiger charge is 2.18. The fourth-order valence-electron chi connectivity index (χ4n) is 1.65. The second-order valence-electron chi connectivity index (χ2n) is 5.68. The Hall–Kier alpha value is -1.59. The minimum atomic E-state index is -0.475. The van der Waals surface area contributed by atoms with Gasteiger partial charge in [-0.25, -0.2) is 9.78 Å². The van der Waals surface area contributed by atoms with Crippen molar-refractivity contribution in [3.8, 4) is 0 Å². The van der Waals surface area contributed by atoms with E-state index in [-0.39, 0.29) is 12.0 Å². The van der Waals surface area contributed by atoms with Gasteiger partial charge in [0, 0.05) is 21.5 Å². The summed E-state index contributed by atoms with van der Waals surface area (Å²) in [7, 11) is 0. The molecule has 0 radical (unpaired) electrons. The molecule has 0 saturated heterocycles. The van der Waals surface area contributed by atoms with Crippen LogP contribution in [0.5, 0.6) is 0 Å². The van der Waals surface area contributed by atoms with Gasteiger partial charge in [-0.15, -0.1) is 11.3 Å². The molecule has 6 heteroatoms. The van der Waals surface area contributed by atoms with Crippen LogP contribution in [0.4, 0.5) is 5.69 Å². The maximum Gasteiger partial charge on any atom is 0.340 e. The summed E-state index contributed by atoms with van der Waals surface area (Å²) in [4.78, 5) is 16.5. The van der Waals surface area contributed by atoms with Gasteiger partial charge in [0.25, 0.3) is 0 Å². The zero-order chi connectivity index (χ0) is 15.6. The van der Waals surface area contributed by atoms with Crippen molar-refractivity contribution in [3.63, 3.8) is 0 Å². The minimum absolute atomic E-state index is 0.0145. The highest BCUT2D eigenvalue weighted by atomic mass is 35.5. The summed E-state index contributed by atoms with van der Waals surface area (Å²) in [5.74, 6) is -0.475. The van der Waals surface area contributed by atoms with Crippen LogP contribution in [0.15, 0.2) is 23.6 Å². The van der Waals surface area contributed by atoms with E-state index in [2.05, 4.69) is 25.8 Å². The fourth-order valence-corrected chi connectivity index (χ4v) is 2.76. The van der Waals surface area contributed by atoms with Gasteiger partial charge in [-0.05, 0) is 18.2 Å². The van der Waals surface area contributed by atoms with Gasteiger partial charge in [0.2, 0.25) is 0 Å². The number of nitrogens with zero attached hydrogens (tertiary/aromatic N) is 1. The molecule has 2 aromatic rings. The summed E-state index contributed by atoms with van der Waals surface area (Å²) in [6.07, 6.45) is 0. The lowest BCUT2D eigenvalue weighted by atomic mass is 9.93. The second-order valence-corrected chi connectivity index (χ2v) is 7.06. The molecule has 1 heterocycles. The van der Waals surface area contributed by atoms with Gasteiger partial charge < -0.3 is 10.5 Å². The first-order valence-electron chi connectivity index (χ1n) is 6.44. The van der Waals surface area contributed by atoms with Gasteiger partial charge in [-0.1, -0.05) is 32.4 Å². The molecule has 0 amide bonds. The van der Waals surface area contributed by atoms with Crippen LogP contribution >= 0.6 is 22.9 Å². The highest BCUT2D eigenvalue weighted by Crippen LogP contribution is 2.25. The van der Waals surface area contributed by atoms with Gasteiger partial charge in [-0.2, -0.15) is 0 Å². The molecule has 0 spiro atoms. The summed E-state index contributed by atoms with van der Waals surface area (Å²) in [5, 5.41) is 3.24. The summed E-state index contributed by atoms with van der Waals surface area (Å²) >= 11 is 7.28. The Morgan fingerprint density at radius 3 is 2.71 bits per heavy atom. The number of anilines is 1. The smallest absolute Gasteiger partial charge is 0.340 e. The molecular weight excluding hydrogens is 308 g/mol. The zero-order valence-electron chi connectivity index (χ0n) is 12.1. The predicted octanol–water partition coefficient (Wildman–Crippen LogP) is 4.03. The lowest BCUT2D eigenvalue weighted by Crippen LogP contribution is -2.12. The quantitative estimate of drug-likeness (QED) is 0.683. The molecule has 2 rings (SSSR count). The van der Waals surface area contributed by atoms with E-state index in [0.717, 1.165) is 10.7 Å². The minimum Gasteiger partial charge on any atom is -0.455 e. The van der Waals surface area contributed by atoms with Gasteiger partial charge in [0.15, 0.2) is 0 Å². The largest absolute Gasteiger partial charge is 0.455 e. The van der Waals surface area contributed by atoms with Gasteiger partial charge in [0.05, 0.1) is 11.3 Å². The molecule has 0 aliphatic carbocycles. The van der Waals surface area contributed by atoms with Crippen molar-refractivity contribution in [2.45, 2.75) is 32.8 Å². The first-order valence-corrected chi connectivity index (χ1v) is 7.70. The van der Waals surface area contributed by atoms with Crippen LogP contribution in [0.2, 0.25) is 5.02 Å². The third-order valence-corrected chi connectivity index (χ3v) is 3.94. The summed E-state index contributed by atoms with van der Waals surface area (Å²) in [6.45, 7) is 6.41. The molecule has 0 saturated carbocycles. The van der Waals surface area contributed by atoms with E-state index in [1.54, 1.807) is 12.1 Å². The van der Waals surface area contributed by atoms with Crippen LogP contribution in [-0.2, 0) is 16.8 Å². The maximum absolute atomic E-state index is 12.0. The number of rotatable bonds is 3. The average molecular weight is 325 g/mol. The van der Waals surface area contributed by atoms with Crippen LogP contribution < -0.4 is 5.73 Å². The van der Waals surface area contributed by atoms with Crippen molar-refractivity contribution in [1.82, 2.24) is 4.98 Å². The number of carbonyl (C=O) groups is 1. The number of ether oxygens (including phenoxy) is 1. The molecule has 4 nitrogen and oxygen atoms in total. The molecule has 1 aromatic carbocycles. The number of hydrogen-bond acceptors (Lipinski definition) is 5. The molecule has 0 aliphatic rings. The molecule has 0 unspecified atom stereocenters. The summed E-state index contributed by atoms with van der Waals surface area (Å²) in [6, 6.07) is 4.69. The Morgan fingerprint density at radius 1 is 1.43 bits per heavy atom. The number of nitrogen functional groups attached to an aromatic ring is 1. The van der Waals surface area contributed by atoms with Crippen LogP contribution in [0.25, 0.3) is 0 Å². The number of esters is 1. The van der Waals surface area contributed by atoms with E-state index in [0.29, 0.717) is 16.3 Å². The number of hydrogen-bond donors (Lipinski definition) is 1. The Labute approximate surface area is 132 Å². The number of carbonyl (C=O) groups excluding carboxylic acids is 1. The molecule has 0 atom stereocenters. The van der Waals surface area contributed by atoms with Gasteiger partial charge in [-0.3, -0.25) is 0 Å². The number of aromatic nitrogens is 1. The standard InChI is InChI=1S/C15H17ClN2O2S/c1-15(2,3)12-8-21-13(18-12)7-20-14(19)10-5-4-9(16)6-11(10)17/h4-6,8H,7,17H2,1-3H3. The van der Waals surface area contributed by atoms with Crippen molar-refractivity contribution in [3.05, 3.63) is 44.9 Å². The third-order valence-electron chi connectivity index (χ3n) is 2.88. The van der Waals surface area contributed by atoms with Crippen molar-refractivity contribution in [2.75, 3.05) is 5.73 Å². The van der Waals surface area contributed by atoms with Gasteiger partial charge >= 0.3 is 5.97 Å². The van der Waals surface area contributed by atoms with E-state index in [1.807, 2.05) is 5.38 Å². The summed E-state index contributed by atoms with van der Waals surface area (Å²) in [5.41, 5.74) is 7.35. The zero-order valence-corrected chi connectivity index (χ0v) is 13.7. The number of benzene rings is 1. The third kappa shape index (κ3) is 3.95. The molecule has 112 valence electrons. The van der Waals surface area contributed by atoms with E-state index >= 15 is 0 Å². The Morgan fingerprint density at radius 2 is 2.14 bits per heavy atom. The second kappa shape index (κ2) is 6.03. The van der Waals surface area contributed by atoms with Crippen LogP contribution in [-0.4, -0.2) is 11.0 Å². The molecule has 2 N–H and O–H groups in total. The van der Waals surface area contributed by atoms with Crippen molar-refractivity contribution >= 4 is 34.6 Å². The summed E-state index contributed by atoms with van der Waals surface area (Å²) < 4.78 is 5.25. The topological polar surface area (TPSA) is 65.2 Å². The fraction of sp³-hybridized carbons (Fsp3) is 0.333. The van der Waals surface area contributed by atoms with Crippen LogP contribution in [0, 0.1) is 0 Å². The Bertz CT molecular complexity index is 662. The monoisotopic (exact) mass is 324 g/mol. The number of thiazole rings is 1. The number of halogens is 1. The first kappa shape index (κ1) is 15.8. The predicted molar refractivity (Wildman–Crippen MR) is 85.8 cm³/mol.